The number of hydrogen-bond acceptors (Lipinski definition) is 4. The Hall–Kier alpha value is -2.45. The Morgan fingerprint density at radius 3 is 2.28 bits per heavy atom. The van der Waals surface area contributed by atoms with Crippen molar-refractivity contribution in [1.29, 1.82) is 0 Å². The molecule has 1 N–H and O–H groups in total. The summed E-state index contributed by atoms with van der Waals surface area (Å²) < 4.78 is 45.5. The number of anilines is 1. The molecule has 0 spiro atoms. The first-order valence-corrected chi connectivity index (χ1v) is 11.0. The normalized spacial score (nSPS) is 16.9. The highest BCUT2D eigenvalue weighted by atomic mass is 32.2. The number of sulfonamides is 1. The van der Waals surface area contributed by atoms with Crippen LogP contribution in [0.1, 0.15) is 26.7 Å². The van der Waals surface area contributed by atoms with E-state index in [-0.39, 0.29) is 10.7 Å². The van der Waals surface area contributed by atoms with Crippen molar-refractivity contribution in [2.75, 3.05) is 18.4 Å². The van der Waals surface area contributed by atoms with Crippen molar-refractivity contribution in [3.8, 4) is 5.75 Å². The summed E-state index contributed by atoms with van der Waals surface area (Å²) in [6, 6.07) is 11.5. The fraction of sp³-hybridized carbons (Fsp3) is 0.381. The van der Waals surface area contributed by atoms with Gasteiger partial charge in [-0.25, -0.2) is 12.8 Å². The van der Waals surface area contributed by atoms with Crippen LogP contribution in [0.3, 0.4) is 0 Å². The van der Waals surface area contributed by atoms with E-state index in [1.807, 2.05) is 0 Å². The lowest BCUT2D eigenvalue weighted by Crippen LogP contribution is -2.37. The van der Waals surface area contributed by atoms with Crippen molar-refractivity contribution in [3.05, 3.63) is 54.3 Å². The maximum Gasteiger partial charge on any atom is 0.265 e. The lowest BCUT2D eigenvalue weighted by Gasteiger charge is -2.29. The molecule has 8 heteroatoms. The molecule has 1 unspecified atom stereocenters. The molecule has 3 rings (SSSR count). The molecule has 2 aromatic rings. The van der Waals surface area contributed by atoms with E-state index < -0.39 is 22.0 Å². The summed E-state index contributed by atoms with van der Waals surface area (Å²) in [5, 5.41) is 2.69. The third-order valence-electron chi connectivity index (χ3n) is 5.00. The van der Waals surface area contributed by atoms with Crippen LogP contribution in [-0.2, 0) is 14.8 Å². The number of amides is 1. The summed E-state index contributed by atoms with van der Waals surface area (Å²) in [5.74, 6) is 0.142. The number of carbonyl (C=O) groups excluding carboxylic acids is 1. The lowest BCUT2D eigenvalue weighted by molar-refractivity contribution is -0.122. The minimum atomic E-state index is -3.53. The average Bonchev–Trinajstić information content (AvgIpc) is 2.70. The number of nitrogens with one attached hydrogen (secondary N) is 1. The second-order valence-electron chi connectivity index (χ2n) is 7.31. The van der Waals surface area contributed by atoms with Gasteiger partial charge in [0.05, 0.1) is 4.90 Å². The van der Waals surface area contributed by atoms with E-state index in [0.29, 0.717) is 30.4 Å². The molecule has 156 valence electrons. The molecule has 1 aliphatic heterocycles. The molecule has 0 radical (unpaired) electrons. The van der Waals surface area contributed by atoms with Crippen molar-refractivity contribution < 1.29 is 22.3 Å². The van der Waals surface area contributed by atoms with Crippen LogP contribution in [0.5, 0.6) is 5.75 Å². The molecule has 0 saturated carbocycles. The van der Waals surface area contributed by atoms with Crippen molar-refractivity contribution >= 4 is 21.6 Å². The van der Waals surface area contributed by atoms with Gasteiger partial charge < -0.3 is 10.1 Å². The number of rotatable bonds is 6. The lowest BCUT2D eigenvalue weighted by atomic mass is 10.0. The standard InChI is InChI=1S/C21H25FN2O4S/c1-15-11-13-24(14-12-15)29(26,27)20-9-5-18(6-10-20)23-21(25)16(2)28-19-7-3-17(22)4-8-19/h3-10,15-16H,11-14H2,1-2H3,(H,23,25). The first-order valence-electron chi connectivity index (χ1n) is 9.59. The van der Waals surface area contributed by atoms with Gasteiger partial charge in [0.2, 0.25) is 10.0 Å². The number of halogens is 1. The van der Waals surface area contributed by atoms with Crippen LogP contribution in [0, 0.1) is 11.7 Å². The van der Waals surface area contributed by atoms with Crippen molar-refractivity contribution in [1.82, 2.24) is 4.31 Å². The molecular weight excluding hydrogens is 395 g/mol. The Labute approximate surface area is 170 Å². The molecule has 1 amide bonds. The number of piperidine rings is 1. The molecule has 29 heavy (non-hydrogen) atoms. The molecule has 1 atom stereocenters. The van der Waals surface area contributed by atoms with Gasteiger partial charge in [-0.1, -0.05) is 6.92 Å². The summed E-state index contributed by atoms with van der Waals surface area (Å²) >= 11 is 0. The highest BCUT2D eigenvalue weighted by Crippen LogP contribution is 2.24. The molecule has 1 aliphatic rings. The maximum atomic E-state index is 12.9. The quantitative estimate of drug-likeness (QED) is 0.774. The number of hydrogen-bond donors (Lipinski definition) is 1. The summed E-state index contributed by atoms with van der Waals surface area (Å²) in [4.78, 5) is 12.5. The first-order chi connectivity index (χ1) is 13.8. The van der Waals surface area contributed by atoms with E-state index in [4.69, 9.17) is 4.74 Å². The summed E-state index contributed by atoms with van der Waals surface area (Å²) in [6.07, 6.45) is 0.915. The fourth-order valence-electron chi connectivity index (χ4n) is 3.10. The van der Waals surface area contributed by atoms with Crippen molar-refractivity contribution in [2.24, 2.45) is 5.92 Å². The minimum absolute atomic E-state index is 0.209. The van der Waals surface area contributed by atoms with Gasteiger partial charge >= 0.3 is 0 Å². The SMILES string of the molecule is CC1CCN(S(=O)(=O)c2ccc(NC(=O)C(C)Oc3ccc(F)cc3)cc2)CC1. The van der Waals surface area contributed by atoms with E-state index in [1.54, 1.807) is 19.1 Å². The third kappa shape index (κ3) is 5.33. The van der Waals surface area contributed by atoms with Gasteiger partial charge in [-0.15, -0.1) is 0 Å². The third-order valence-corrected chi connectivity index (χ3v) is 6.91. The molecule has 6 nitrogen and oxygen atoms in total. The van der Waals surface area contributed by atoms with Gasteiger partial charge in [0.25, 0.3) is 5.91 Å². The highest BCUT2D eigenvalue weighted by Gasteiger charge is 2.28. The van der Waals surface area contributed by atoms with Crippen LogP contribution in [-0.4, -0.2) is 37.8 Å². The van der Waals surface area contributed by atoms with E-state index in [2.05, 4.69) is 12.2 Å². The van der Waals surface area contributed by atoms with Gasteiger partial charge in [0.15, 0.2) is 6.10 Å². The number of ether oxygens (including phenoxy) is 1. The van der Waals surface area contributed by atoms with Crippen molar-refractivity contribution in [3.63, 3.8) is 0 Å². The smallest absolute Gasteiger partial charge is 0.265 e. The van der Waals surface area contributed by atoms with E-state index in [9.17, 15) is 17.6 Å². The summed E-state index contributed by atoms with van der Waals surface area (Å²) in [7, 11) is -3.53. The van der Waals surface area contributed by atoms with E-state index in [1.165, 1.54) is 40.7 Å². The number of nitrogens with zero attached hydrogens (tertiary/aromatic N) is 1. The minimum Gasteiger partial charge on any atom is -0.481 e. The van der Waals surface area contributed by atoms with Gasteiger partial charge in [-0.05, 0) is 74.2 Å². The Morgan fingerprint density at radius 2 is 1.69 bits per heavy atom. The average molecular weight is 421 g/mol. The van der Waals surface area contributed by atoms with Crippen LogP contribution in [0.4, 0.5) is 10.1 Å². The zero-order valence-corrected chi connectivity index (χ0v) is 17.3. The molecule has 2 aromatic carbocycles. The molecule has 0 aliphatic carbocycles. The molecule has 1 saturated heterocycles. The zero-order valence-electron chi connectivity index (χ0n) is 16.5. The van der Waals surface area contributed by atoms with Crippen LogP contribution >= 0.6 is 0 Å². The second-order valence-corrected chi connectivity index (χ2v) is 9.25. The topological polar surface area (TPSA) is 75.7 Å². The fourth-order valence-corrected chi connectivity index (χ4v) is 4.57. The molecule has 0 aromatic heterocycles. The Bertz CT molecular complexity index is 938. The van der Waals surface area contributed by atoms with Crippen LogP contribution in [0.15, 0.2) is 53.4 Å². The summed E-state index contributed by atoms with van der Waals surface area (Å²) in [5.41, 5.74) is 0.468. The first kappa shape index (κ1) is 21.3. The predicted octanol–water partition coefficient (Wildman–Crippen LogP) is 3.65. The predicted molar refractivity (Wildman–Crippen MR) is 109 cm³/mol. The van der Waals surface area contributed by atoms with Crippen LogP contribution in [0.25, 0.3) is 0 Å². The number of carbonyl (C=O) groups is 1. The largest absolute Gasteiger partial charge is 0.481 e. The zero-order chi connectivity index (χ0) is 21.0. The molecular formula is C21H25FN2O4S. The van der Waals surface area contributed by atoms with Gasteiger partial charge in [-0.3, -0.25) is 4.79 Å². The van der Waals surface area contributed by atoms with Crippen LogP contribution in [0.2, 0.25) is 0 Å². The Morgan fingerprint density at radius 1 is 1.10 bits per heavy atom. The second kappa shape index (κ2) is 8.92. The number of benzene rings is 2. The highest BCUT2D eigenvalue weighted by molar-refractivity contribution is 7.89. The molecule has 1 fully saturated rings. The van der Waals surface area contributed by atoms with Crippen molar-refractivity contribution in [2.45, 2.75) is 37.7 Å². The van der Waals surface area contributed by atoms with Gasteiger partial charge in [0, 0.05) is 18.8 Å². The van der Waals surface area contributed by atoms with Gasteiger partial charge in [-0.2, -0.15) is 4.31 Å². The maximum absolute atomic E-state index is 12.9. The molecule has 1 heterocycles. The summed E-state index contributed by atoms with van der Waals surface area (Å²) in [6.45, 7) is 4.76. The Balaban J connectivity index is 1.61. The van der Waals surface area contributed by atoms with Crippen LogP contribution < -0.4 is 10.1 Å². The molecule has 0 bridgehead atoms. The monoisotopic (exact) mass is 420 g/mol. The van der Waals surface area contributed by atoms with Gasteiger partial charge in [0.1, 0.15) is 11.6 Å². The van der Waals surface area contributed by atoms with E-state index in [0.717, 1.165) is 12.8 Å². The van der Waals surface area contributed by atoms with E-state index >= 15 is 0 Å². The Kier molecular flexibility index (Phi) is 6.54.